The lowest BCUT2D eigenvalue weighted by Gasteiger charge is -2.31. The van der Waals surface area contributed by atoms with Crippen LogP contribution in [0.4, 0.5) is 11.4 Å². The molecule has 0 bridgehead atoms. The van der Waals surface area contributed by atoms with E-state index in [4.69, 9.17) is 0 Å². The van der Waals surface area contributed by atoms with Crippen LogP contribution in [0.25, 0.3) is 10.8 Å². The minimum absolute atomic E-state index is 0.00318. The number of hydrogen-bond acceptors (Lipinski definition) is 4. The Morgan fingerprint density at radius 3 is 2.63 bits per heavy atom. The molecule has 2 amide bonds. The van der Waals surface area contributed by atoms with E-state index < -0.39 is 15.9 Å². The molecule has 2 heterocycles. The van der Waals surface area contributed by atoms with Crippen molar-refractivity contribution in [3.63, 3.8) is 0 Å². The third-order valence-corrected chi connectivity index (χ3v) is 8.79. The van der Waals surface area contributed by atoms with Crippen LogP contribution in [0.15, 0.2) is 65.6 Å². The van der Waals surface area contributed by atoms with Crippen LogP contribution in [-0.4, -0.2) is 44.2 Å². The normalized spacial score (nSPS) is 18.3. The van der Waals surface area contributed by atoms with Gasteiger partial charge in [0.15, 0.2) is 0 Å². The van der Waals surface area contributed by atoms with Crippen molar-refractivity contribution in [3.8, 4) is 0 Å². The number of piperidine rings is 1. The molecule has 1 fully saturated rings. The molecule has 35 heavy (non-hydrogen) atoms. The van der Waals surface area contributed by atoms with E-state index >= 15 is 0 Å². The number of hydrogen-bond donors (Lipinski definition) is 1. The van der Waals surface area contributed by atoms with Crippen molar-refractivity contribution in [1.82, 2.24) is 4.31 Å². The third kappa shape index (κ3) is 4.21. The molecule has 182 valence electrons. The summed E-state index contributed by atoms with van der Waals surface area (Å²) in [6, 6.07) is 17.7. The minimum atomic E-state index is -3.65. The van der Waals surface area contributed by atoms with Crippen LogP contribution in [0.3, 0.4) is 0 Å². The van der Waals surface area contributed by atoms with Crippen molar-refractivity contribution in [2.24, 2.45) is 5.92 Å². The Kier molecular flexibility index (Phi) is 6.34. The predicted octanol–water partition coefficient (Wildman–Crippen LogP) is 4.64. The van der Waals surface area contributed by atoms with Crippen LogP contribution in [0.5, 0.6) is 0 Å². The minimum Gasteiger partial charge on any atom is -0.325 e. The monoisotopic (exact) mass is 491 g/mol. The Bertz CT molecular complexity index is 1390. The fourth-order valence-electron chi connectivity index (χ4n) is 5.04. The summed E-state index contributed by atoms with van der Waals surface area (Å²) in [4.78, 5) is 28.3. The van der Waals surface area contributed by atoms with Gasteiger partial charge in [-0.1, -0.05) is 43.7 Å². The highest BCUT2D eigenvalue weighted by Gasteiger charge is 2.34. The molecule has 0 aliphatic carbocycles. The second-order valence-electron chi connectivity index (χ2n) is 9.18. The fourth-order valence-corrected chi connectivity index (χ4v) is 6.59. The maximum atomic E-state index is 13.3. The Morgan fingerprint density at radius 2 is 1.86 bits per heavy atom. The van der Waals surface area contributed by atoms with Gasteiger partial charge < -0.3 is 10.2 Å². The second kappa shape index (κ2) is 9.43. The first-order chi connectivity index (χ1) is 16.9. The predicted molar refractivity (Wildman–Crippen MR) is 137 cm³/mol. The van der Waals surface area contributed by atoms with Crippen molar-refractivity contribution < 1.29 is 18.0 Å². The highest BCUT2D eigenvalue weighted by molar-refractivity contribution is 7.89. The second-order valence-corrected chi connectivity index (χ2v) is 11.1. The van der Waals surface area contributed by atoms with E-state index in [1.165, 1.54) is 4.31 Å². The molecule has 1 N–H and O–H groups in total. The van der Waals surface area contributed by atoms with Gasteiger partial charge in [0.25, 0.3) is 5.91 Å². The van der Waals surface area contributed by atoms with Crippen molar-refractivity contribution >= 4 is 44.0 Å². The van der Waals surface area contributed by atoms with Crippen LogP contribution in [0.2, 0.25) is 0 Å². The Labute approximate surface area is 205 Å². The van der Waals surface area contributed by atoms with Crippen molar-refractivity contribution in [2.75, 3.05) is 29.9 Å². The third-order valence-electron chi connectivity index (χ3n) is 6.91. The SMILES string of the molecule is CCCCN1C(=O)c2cccc3c(NC(=O)C4CCCN(S(=O)(=O)c5ccccc5)C4)ccc1c23. The lowest BCUT2D eigenvalue weighted by atomic mass is 9.98. The van der Waals surface area contributed by atoms with Gasteiger partial charge >= 0.3 is 0 Å². The van der Waals surface area contributed by atoms with Gasteiger partial charge in [0.05, 0.1) is 16.5 Å². The van der Waals surface area contributed by atoms with Gasteiger partial charge in [-0.2, -0.15) is 4.31 Å². The van der Waals surface area contributed by atoms with E-state index in [9.17, 15) is 18.0 Å². The molecule has 0 saturated carbocycles. The fraction of sp³-hybridized carbons (Fsp3) is 0.333. The standard InChI is InChI=1S/C27H29N3O4S/c1-2-3-17-30-24-15-14-23(21-12-7-13-22(25(21)24)27(30)32)28-26(31)19-9-8-16-29(18-19)35(33,34)20-10-5-4-6-11-20/h4-7,10-15,19H,2-3,8-9,16-18H2,1H3,(H,28,31). The molecular formula is C27H29N3O4S. The van der Waals surface area contributed by atoms with Crippen LogP contribution in [0, 0.1) is 5.92 Å². The Morgan fingerprint density at radius 1 is 1.06 bits per heavy atom. The summed E-state index contributed by atoms with van der Waals surface area (Å²) in [6.07, 6.45) is 3.16. The molecular weight excluding hydrogens is 462 g/mol. The maximum Gasteiger partial charge on any atom is 0.258 e. The van der Waals surface area contributed by atoms with Gasteiger partial charge in [-0.3, -0.25) is 9.59 Å². The summed E-state index contributed by atoms with van der Waals surface area (Å²) in [5.41, 5.74) is 2.18. The average Bonchev–Trinajstić information content (AvgIpc) is 3.16. The number of anilines is 2. The van der Waals surface area contributed by atoms with E-state index in [-0.39, 0.29) is 23.3 Å². The van der Waals surface area contributed by atoms with Gasteiger partial charge in [-0.05, 0) is 49.6 Å². The summed E-state index contributed by atoms with van der Waals surface area (Å²) in [6.45, 7) is 3.31. The molecule has 5 rings (SSSR count). The molecule has 0 radical (unpaired) electrons. The van der Waals surface area contributed by atoms with Gasteiger partial charge in [0, 0.05) is 41.7 Å². The maximum absolute atomic E-state index is 13.3. The molecule has 3 aromatic carbocycles. The van der Waals surface area contributed by atoms with E-state index in [1.54, 1.807) is 30.3 Å². The molecule has 2 aliphatic rings. The zero-order chi connectivity index (χ0) is 24.6. The van der Waals surface area contributed by atoms with Crippen LogP contribution in [-0.2, 0) is 14.8 Å². The summed E-state index contributed by atoms with van der Waals surface area (Å²) in [5.74, 6) is -0.657. The number of carbonyl (C=O) groups is 2. The number of nitrogens with zero attached hydrogens (tertiary/aromatic N) is 2. The zero-order valence-corrected chi connectivity index (χ0v) is 20.6. The molecule has 1 unspecified atom stereocenters. The molecule has 8 heteroatoms. The largest absolute Gasteiger partial charge is 0.325 e. The number of rotatable bonds is 7. The summed E-state index contributed by atoms with van der Waals surface area (Å²) in [7, 11) is -3.65. The van der Waals surface area contributed by atoms with Gasteiger partial charge in [0.2, 0.25) is 15.9 Å². The quantitative estimate of drug-likeness (QED) is 0.522. The summed E-state index contributed by atoms with van der Waals surface area (Å²) in [5, 5.41) is 4.72. The lowest BCUT2D eigenvalue weighted by molar-refractivity contribution is -0.120. The Balaban J connectivity index is 1.38. The van der Waals surface area contributed by atoms with Gasteiger partial charge in [-0.25, -0.2) is 8.42 Å². The van der Waals surface area contributed by atoms with Crippen LogP contribution in [0.1, 0.15) is 43.0 Å². The van der Waals surface area contributed by atoms with Crippen molar-refractivity contribution in [1.29, 1.82) is 0 Å². The van der Waals surface area contributed by atoms with Crippen LogP contribution >= 0.6 is 0 Å². The smallest absolute Gasteiger partial charge is 0.258 e. The van der Waals surface area contributed by atoms with E-state index in [2.05, 4.69) is 12.2 Å². The first-order valence-corrected chi connectivity index (χ1v) is 13.6. The molecule has 2 aliphatic heterocycles. The number of amides is 2. The highest BCUT2D eigenvalue weighted by atomic mass is 32.2. The van der Waals surface area contributed by atoms with Crippen LogP contribution < -0.4 is 10.2 Å². The zero-order valence-electron chi connectivity index (χ0n) is 19.7. The molecule has 0 spiro atoms. The van der Waals surface area contributed by atoms with Crippen molar-refractivity contribution in [2.45, 2.75) is 37.5 Å². The number of sulfonamides is 1. The summed E-state index contributed by atoms with van der Waals surface area (Å²) >= 11 is 0. The molecule has 1 atom stereocenters. The highest BCUT2D eigenvalue weighted by Crippen LogP contribution is 2.41. The van der Waals surface area contributed by atoms with Gasteiger partial charge in [-0.15, -0.1) is 0 Å². The number of unbranched alkanes of at least 4 members (excludes halogenated alkanes) is 1. The van der Waals surface area contributed by atoms with E-state index in [1.807, 2.05) is 35.2 Å². The van der Waals surface area contributed by atoms with E-state index in [0.717, 1.165) is 29.3 Å². The number of nitrogens with one attached hydrogen (secondary N) is 1. The number of carbonyl (C=O) groups excluding carboxylic acids is 2. The van der Waals surface area contributed by atoms with Gasteiger partial charge in [0.1, 0.15) is 0 Å². The average molecular weight is 492 g/mol. The number of benzene rings is 3. The first kappa shape index (κ1) is 23.5. The first-order valence-electron chi connectivity index (χ1n) is 12.2. The Hall–Kier alpha value is -3.23. The molecule has 0 aromatic heterocycles. The summed E-state index contributed by atoms with van der Waals surface area (Å²) < 4.78 is 27.5. The van der Waals surface area contributed by atoms with Crippen molar-refractivity contribution in [3.05, 3.63) is 66.2 Å². The molecule has 1 saturated heterocycles. The molecule has 3 aromatic rings. The molecule has 7 nitrogen and oxygen atoms in total. The lowest BCUT2D eigenvalue weighted by Crippen LogP contribution is -2.43. The topological polar surface area (TPSA) is 86.8 Å². The van der Waals surface area contributed by atoms with E-state index in [0.29, 0.717) is 37.2 Å².